The van der Waals surface area contributed by atoms with Crippen LogP contribution in [-0.4, -0.2) is 39.4 Å². The fraction of sp³-hybridized carbons (Fsp3) is 0.571. The van der Waals surface area contributed by atoms with E-state index in [4.69, 9.17) is 0 Å². The molecule has 1 aromatic carbocycles. The van der Waals surface area contributed by atoms with Crippen LogP contribution in [0.4, 0.5) is 4.39 Å². The average molecular weight is 315 g/mol. The van der Waals surface area contributed by atoms with Crippen molar-refractivity contribution in [1.29, 1.82) is 0 Å². The monoisotopic (exact) mass is 315 g/mol. The van der Waals surface area contributed by atoms with Crippen molar-refractivity contribution in [2.75, 3.05) is 26.7 Å². The quantitative estimate of drug-likeness (QED) is 0.826. The lowest BCUT2D eigenvalue weighted by Gasteiger charge is -2.31. The van der Waals surface area contributed by atoms with E-state index in [9.17, 15) is 12.8 Å². The first-order chi connectivity index (χ1) is 10.0. The van der Waals surface area contributed by atoms with E-state index in [1.807, 2.05) is 7.05 Å². The van der Waals surface area contributed by atoms with E-state index >= 15 is 0 Å². The topological polar surface area (TPSA) is 61.4 Å². The Kier molecular flexibility index (Phi) is 5.69. The van der Waals surface area contributed by atoms with Gasteiger partial charge in [0.25, 0.3) is 10.2 Å². The molecule has 0 saturated carbocycles. The zero-order chi connectivity index (χ0) is 15.3. The second kappa shape index (κ2) is 7.31. The molecule has 0 aromatic heterocycles. The van der Waals surface area contributed by atoms with Gasteiger partial charge in [-0.1, -0.05) is 18.2 Å². The van der Waals surface area contributed by atoms with E-state index in [1.54, 1.807) is 18.2 Å². The summed E-state index contributed by atoms with van der Waals surface area (Å²) in [4.78, 5) is 0. The maximum atomic E-state index is 13.5. The molecule has 118 valence electrons. The summed E-state index contributed by atoms with van der Waals surface area (Å²) >= 11 is 0. The van der Waals surface area contributed by atoms with Gasteiger partial charge in [-0.2, -0.15) is 17.4 Å². The lowest BCUT2D eigenvalue weighted by molar-refractivity contribution is 0.261. The molecule has 1 saturated heterocycles. The second-order valence-corrected chi connectivity index (χ2v) is 7.10. The first-order valence-corrected chi connectivity index (χ1v) is 8.59. The summed E-state index contributed by atoms with van der Waals surface area (Å²) < 4.78 is 42.0. The number of nitrogens with one attached hydrogen (secondary N) is 2. The largest absolute Gasteiger partial charge is 0.319 e. The molecule has 1 aliphatic heterocycles. The van der Waals surface area contributed by atoms with E-state index in [0.717, 1.165) is 19.4 Å². The van der Waals surface area contributed by atoms with Crippen molar-refractivity contribution in [3.8, 4) is 0 Å². The minimum atomic E-state index is -3.56. The van der Waals surface area contributed by atoms with Gasteiger partial charge in [0.05, 0.1) is 0 Å². The van der Waals surface area contributed by atoms with Crippen LogP contribution in [0.1, 0.15) is 18.4 Å². The summed E-state index contributed by atoms with van der Waals surface area (Å²) in [5.41, 5.74) is 0.352. The van der Waals surface area contributed by atoms with Crippen LogP contribution in [-0.2, 0) is 16.8 Å². The molecule has 2 N–H and O–H groups in total. The van der Waals surface area contributed by atoms with Crippen molar-refractivity contribution in [2.24, 2.45) is 5.92 Å². The number of benzene rings is 1. The van der Waals surface area contributed by atoms with E-state index in [-0.39, 0.29) is 6.54 Å². The molecule has 2 rings (SSSR count). The van der Waals surface area contributed by atoms with Crippen molar-refractivity contribution in [1.82, 2.24) is 14.3 Å². The Morgan fingerprint density at radius 2 is 2.14 bits per heavy atom. The van der Waals surface area contributed by atoms with Crippen LogP contribution in [0.3, 0.4) is 0 Å². The number of hydrogen-bond donors (Lipinski definition) is 2. The van der Waals surface area contributed by atoms with Gasteiger partial charge < -0.3 is 5.32 Å². The lowest BCUT2D eigenvalue weighted by Crippen LogP contribution is -2.47. The summed E-state index contributed by atoms with van der Waals surface area (Å²) in [6.45, 7) is 1.81. The molecule has 7 heteroatoms. The summed E-state index contributed by atoms with van der Waals surface area (Å²) in [7, 11) is -1.70. The fourth-order valence-electron chi connectivity index (χ4n) is 2.60. The van der Waals surface area contributed by atoms with Crippen LogP contribution in [0, 0.1) is 11.7 Å². The van der Waals surface area contributed by atoms with Crippen LogP contribution < -0.4 is 10.0 Å². The van der Waals surface area contributed by atoms with Crippen molar-refractivity contribution in [2.45, 2.75) is 19.4 Å². The van der Waals surface area contributed by atoms with Gasteiger partial charge in [0.15, 0.2) is 0 Å². The van der Waals surface area contributed by atoms with E-state index in [1.165, 1.54) is 10.4 Å². The highest BCUT2D eigenvalue weighted by molar-refractivity contribution is 7.87. The molecule has 1 atom stereocenters. The molecule has 0 bridgehead atoms. The third-order valence-electron chi connectivity index (χ3n) is 3.72. The van der Waals surface area contributed by atoms with E-state index in [0.29, 0.717) is 24.6 Å². The van der Waals surface area contributed by atoms with Crippen molar-refractivity contribution in [3.63, 3.8) is 0 Å². The predicted octanol–water partition coefficient (Wildman–Crippen LogP) is 1.09. The van der Waals surface area contributed by atoms with Crippen LogP contribution in [0.5, 0.6) is 0 Å². The number of piperidine rings is 1. The first-order valence-electron chi connectivity index (χ1n) is 7.15. The molecule has 0 radical (unpaired) electrons. The minimum Gasteiger partial charge on any atom is -0.319 e. The average Bonchev–Trinajstić information content (AvgIpc) is 2.47. The number of halogens is 1. The highest BCUT2D eigenvalue weighted by atomic mass is 32.2. The Morgan fingerprint density at radius 3 is 2.86 bits per heavy atom. The molecule has 1 fully saturated rings. The Morgan fingerprint density at radius 1 is 1.38 bits per heavy atom. The highest BCUT2D eigenvalue weighted by Crippen LogP contribution is 2.18. The fourth-order valence-corrected chi connectivity index (χ4v) is 3.90. The molecule has 0 amide bonds. The predicted molar refractivity (Wildman–Crippen MR) is 80.4 cm³/mol. The van der Waals surface area contributed by atoms with Gasteiger partial charge >= 0.3 is 0 Å². The molecule has 21 heavy (non-hydrogen) atoms. The molecule has 0 aliphatic carbocycles. The smallest absolute Gasteiger partial charge is 0.279 e. The molecule has 5 nitrogen and oxygen atoms in total. The van der Waals surface area contributed by atoms with Gasteiger partial charge in [-0.25, -0.2) is 4.39 Å². The lowest BCUT2D eigenvalue weighted by atomic mass is 10.00. The summed E-state index contributed by atoms with van der Waals surface area (Å²) in [5, 5.41) is 3.08. The van der Waals surface area contributed by atoms with E-state index < -0.39 is 16.0 Å². The normalized spacial score (nSPS) is 20.6. The SMILES string of the molecule is CNCC1CCCN(S(=O)(=O)NCc2ccccc2F)C1. The summed E-state index contributed by atoms with van der Waals surface area (Å²) in [5.74, 6) is -0.0688. The first kappa shape index (κ1) is 16.4. The summed E-state index contributed by atoms with van der Waals surface area (Å²) in [6.07, 6.45) is 1.88. The van der Waals surface area contributed by atoms with Crippen molar-refractivity contribution < 1.29 is 12.8 Å². The zero-order valence-corrected chi connectivity index (χ0v) is 13.0. The molecule has 1 aromatic rings. The highest BCUT2D eigenvalue weighted by Gasteiger charge is 2.28. The third kappa shape index (κ3) is 4.47. The van der Waals surface area contributed by atoms with Gasteiger partial charge in [-0.3, -0.25) is 0 Å². The molecule has 0 spiro atoms. The Labute approximate surface area is 125 Å². The molecule has 1 heterocycles. The number of hydrogen-bond acceptors (Lipinski definition) is 3. The Hall–Kier alpha value is -1.02. The minimum absolute atomic E-state index is 0.0256. The second-order valence-electron chi connectivity index (χ2n) is 5.34. The van der Waals surface area contributed by atoms with Crippen LogP contribution in [0.15, 0.2) is 24.3 Å². The molecular formula is C14H22FN3O2S. The van der Waals surface area contributed by atoms with Gasteiger partial charge in [0.2, 0.25) is 0 Å². The maximum absolute atomic E-state index is 13.5. The molecular weight excluding hydrogens is 293 g/mol. The van der Waals surface area contributed by atoms with Crippen LogP contribution in [0.25, 0.3) is 0 Å². The number of nitrogens with zero attached hydrogens (tertiary/aromatic N) is 1. The Bertz CT molecular complexity index is 563. The Balaban J connectivity index is 1.96. The van der Waals surface area contributed by atoms with Gasteiger partial charge in [0, 0.05) is 25.2 Å². The van der Waals surface area contributed by atoms with Crippen LogP contribution in [0.2, 0.25) is 0 Å². The van der Waals surface area contributed by atoms with Crippen LogP contribution >= 0.6 is 0 Å². The van der Waals surface area contributed by atoms with Gasteiger partial charge in [-0.05, 0) is 38.4 Å². The molecule has 1 aliphatic rings. The standard InChI is InChI=1S/C14H22FN3O2S/c1-16-9-12-5-4-8-18(11-12)21(19,20)17-10-13-6-2-3-7-14(13)15/h2-3,6-7,12,16-17H,4-5,8-11H2,1H3. The zero-order valence-electron chi connectivity index (χ0n) is 12.2. The van der Waals surface area contributed by atoms with Gasteiger partial charge in [-0.15, -0.1) is 0 Å². The van der Waals surface area contributed by atoms with Gasteiger partial charge in [0.1, 0.15) is 5.82 Å². The van der Waals surface area contributed by atoms with Crippen molar-refractivity contribution in [3.05, 3.63) is 35.6 Å². The number of rotatable bonds is 6. The maximum Gasteiger partial charge on any atom is 0.279 e. The van der Waals surface area contributed by atoms with E-state index in [2.05, 4.69) is 10.0 Å². The van der Waals surface area contributed by atoms with Crippen molar-refractivity contribution >= 4 is 10.2 Å². The molecule has 1 unspecified atom stereocenters. The third-order valence-corrected chi connectivity index (χ3v) is 5.24. The summed E-state index contributed by atoms with van der Waals surface area (Å²) in [6, 6.07) is 6.18.